The maximum Gasteiger partial charge on any atom is 0.270 e. The molecule has 1 aromatic heterocycles. The number of ether oxygens (including phenoxy) is 1. The predicted molar refractivity (Wildman–Crippen MR) is 78.3 cm³/mol. The molecule has 0 aliphatic heterocycles. The van der Waals surface area contributed by atoms with E-state index in [0.717, 1.165) is 6.07 Å². The van der Waals surface area contributed by atoms with Crippen molar-refractivity contribution in [2.24, 2.45) is 7.05 Å². The molecule has 1 amide bonds. The Balaban J connectivity index is 1.90. The molecule has 0 fully saturated rings. The summed E-state index contributed by atoms with van der Waals surface area (Å²) in [5, 5.41) is 2.61. The standard InChI is InChI=1S/C15H16FN3O3/c1-10(22-12-5-3-4-11(16)6-12)8-17-15(21)13-7-14(20)19(2)9-18-13/h3-7,9-10H,8H2,1-2H3,(H,17,21). The number of benzene rings is 1. The lowest BCUT2D eigenvalue weighted by molar-refractivity contribution is 0.0926. The quantitative estimate of drug-likeness (QED) is 0.898. The molecule has 1 atom stereocenters. The van der Waals surface area contributed by atoms with Gasteiger partial charge in [0.15, 0.2) is 0 Å². The van der Waals surface area contributed by atoms with Crippen molar-refractivity contribution in [3.8, 4) is 5.75 Å². The summed E-state index contributed by atoms with van der Waals surface area (Å²) in [5.74, 6) is -0.473. The first kappa shape index (κ1) is 15.7. The molecule has 0 saturated heterocycles. The molecule has 7 heteroatoms. The minimum Gasteiger partial charge on any atom is -0.489 e. The molecule has 22 heavy (non-hydrogen) atoms. The van der Waals surface area contributed by atoms with Crippen molar-refractivity contribution >= 4 is 5.91 Å². The van der Waals surface area contributed by atoms with Gasteiger partial charge in [-0.1, -0.05) is 6.07 Å². The smallest absolute Gasteiger partial charge is 0.270 e. The van der Waals surface area contributed by atoms with Crippen molar-refractivity contribution in [3.05, 3.63) is 58.5 Å². The number of aryl methyl sites for hydroxylation is 1. The van der Waals surface area contributed by atoms with Crippen LogP contribution in [0.3, 0.4) is 0 Å². The third kappa shape index (κ3) is 4.15. The van der Waals surface area contributed by atoms with Crippen LogP contribution in [-0.4, -0.2) is 28.1 Å². The molecule has 1 heterocycles. The molecule has 2 aromatic rings. The average Bonchev–Trinajstić information content (AvgIpc) is 2.47. The monoisotopic (exact) mass is 305 g/mol. The van der Waals surface area contributed by atoms with E-state index in [0.29, 0.717) is 5.75 Å². The predicted octanol–water partition coefficient (Wildman–Crippen LogP) is 1.12. The van der Waals surface area contributed by atoms with Gasteiger partial charge in [-0.25, -0.2) is 9.37 Å². The highest BCUT2D eigenvalue weighted by Crippen LogP contribution is 2.13. The fourth-order valence-corrected chi connectivity index (χ4v) is 1.73. The first-order valence-electron chi connectivity index (χ1n) is 6.69. The molecule has 1 unspecified atom stereocenters. The summed E-state index contributed by atoms with van der Waals surface area (Å²) in [6.45, 7) is 1.94. The summed E-state index contributed by atoms with van der Waals surface area (Å²) in [6.07, 6.45) is 0.918. The van der Waals surface area contributed by atoms with Gasteiger partial charge in [-0.15, -0.1) is 0 Å². The summed E-state index contributed by atoms with van der Waals surface area (Å²) in [7, 11) is 1.55. The third-order valence-electron chi connectivity index (χ3n) is 2.89. The van der Waals surface area contributed by atoms with E-state index in [4.69, 9.17) is 4.74 Å². The van der Waals surface area contributed by atoms with Crippen molar-refractivity contribution in [3.63, 3.8) is 0 Å². The molecule has 116 valence electrons. The molecular formula is C15H16FN3O3. The van der Waals surface area contributed by atoms with Crippen LogP contribution >= 0.6 is 0 Å². The second-order valence-corrected chi connectivity index (χ2v) is 4.82. The van der Waals surface area contributed by atoms with Gasteiger partial charge in [0.25, 0.3) is 11.5 Å². The van der Waals surface area contributed by atoms with E-state index >= 15 is 0 Å². The maximum atomic E-state index is 13.0. The minimum absolute atomic E-state index is 0.0426. The fourth-order valence-electron chi connectivity index (χ4n) is 1.73. The highest BCUT2D eigenvalue weighted by Gasteiger charge is 2.11. The van der Waals surface area contributed by atoms with E-state index in [2.05, 4.69) is 10.3 Å². The highest BCUT2D eigenvalue weighted by molar-refractivity contribution is 5.92. The first-order valence-corrected chi connectivity index (χ1v) is 6.69. The number of halogens is 1. The Hall–Kier alpha value is -2.70. The maximum absolute atomic E-state index is 13.0. The van der Waals surface area contributed by atoms with Gasteiger partial charge < -0.3 is 14.6 Å². The second kappa shape index (κ2) is 6.84. The van der Waals surface area contributed by atoms with Crippen LogP contribution in [0.4, 0.5) is 4.39 Å². The molecule has 0 spiro atoms. The summed E-state index contributed by atoms with van der Waals surface area (Å²) >= 11 is 0. The highest BCUT2D eigenvalue weighted by atomic mass is 19.1. The van der Waals surface area contributed by atoms with Crippen LogP contribution in [0.15, 0.2) is 41.5 Å². The van der Waals surface area contributed by atoms with Gasteiger partial charge in [-0.2, -0.15) is 0 Å². The van der Waals surface area contributed by atoms with Gasteiger partial charge in [0.05, 0.1) is 12.9 Å². The molecule has 1 aromatic carbocycles. The van der Waals surface area contributed by atoms with E-state index in [1.54, 1.807) is 26.1 Å². The summed E-state index contributed by atoms with van der Waals surface area (Å²) in [5.41, 5.74) is -0.273. The molecule has 0 saturated carbocycles. The average molecular weight is 305 g/mol. The van der Waals surface area contributed by atoms with Crippen LogP contribution in [0.5, 0.6) is 5.75 Å². The number of carbonyl (C=O) groups is 1. The number of hydrogen-bond acceptors (Lipinski definition) is 4. The van der Waals surface area contributed by atoms with Crippen LogP contribution in [0.25, 0.3) is 0 Å². The van der Waals surface area contributed by atoms with Crippen molar-refractivity contribution in [2.45, 2.75) is 13.0 Å². The lowest BCUT2D eigenvalue weighted by atomic mass is 10.3. The van der Waals surface area contributed by atoms with Gasteiger partial charge in [-0.3, -0.25) is 9.59 Å². The van der Waals surface area contributed by atoms with Crippen LogP contribution in [0.1, 0.15) is 17.4 Å². The first-order chi connectivity index (χ1) is 10.5. The zero-order chi connectivity index (χ0) is 16.1. The van der Waals surface area contributed by atoms with Crippen LogP contribution in [0, 0.1) is 5.82 Å². The largest absolute Gasteiger partial charge is 0.489 e. The van der Waals surface area contributed by atoms with Crippen LogP contribution in [-0.2, 0) is 7.05 Å². The van der Waals surface area contributed by atoms with Crippen molar-refractivity contribution < 1.29 is 13.9 Å². The van der Waals surface area contributed by atoms with Crippen LogP contribution in [0.2, 0.25) is 0 Å². The summed E-state index contributed by atoms with van der Waals surface area (Å²) < 4.78 is 19.8. The van der Waals surface area contributed by atoms with E-state index in [1.165, 1.54) is 23.0 Å². The lowest BCUT2D eigenvalue weighted by Crippen LogP contribution is -2.35. The minimum atomic E-state index is -0.465. The number of carbonyl (C=O) groups excluding carboxylic acids is 1. The fraction of sp³-hybridized carbons (Fsp3) is 0.267. The third-order valence-corrected chi connectivity index (χ3v) is 2.89. The zero-order valence-electron chi connectivity index (χ0n) is 12.2. The Bertz CT molecular complexity index is 730. The van der Waals surface area contributed by atoms with Crippen molar-refractivity contribution in [1.29, 1.82) is 0 Å². The van der Waals surface area contributed by atoms with Gasteiger partial charge in [-0.05, 0) is 19.1 Å². The van der Waals surface area contributed by atoms with Crippen LogP contribution < -0.4 is 15.6 Å². The van der Waals surface area contributed by atoms with Gasteiger partial charge >= 0.3 is 0 Å². The Morgan fingerprint density at radius 2 is 2.23 bits per heavy atom. The number of rotatable bonds is 5. The van der Waals surface area contributed by atoms with Gasteiger partial charge in [0.2, 0.25) is 0 Å². The number of hydrogen-bond donors (Lipinski definition) is 1. The lowest BCUT2D eigenvalue weighted by Gasteiger charge is -2.15. The SMILES string of the molecule is CC(CNC(=O)c1cc(=O)n(C)cn1)Oc1cccc(F)c1. The Morgan fingerprint density at radius 1 is 1.45 bits per heavy atom. The second-order valence-electron chi connectivity index (χ2n) is 4.82. The van der Waals surface area contributed by atoms with Gasteiger partial charge in [0.1, 0.15) is 23.4 Å². The Morgan fingerprint density at radius 3 is 2.91 bits per heavy atom. The normalized spacial score (nSPS) is 11.8. The molecule has 0 aliphatic carbocycles. The van der Waals surface area contributed by atoms with E-state index in [1.807, 2.05) is 0 Å². The van der Waals surface area contributed by atoms with E-state index in [-0.39, 0.29) is 23.9 Å². The number of nitrogens with one attached hydrogen (secondary N) is 1. The Labute approximate surface area is 126 Å². The Kier molecular flexibility index (Phi) is 4.88. The van der Waals surface area contributed by atoms with Crippen molar-refractivity contribution in [1.82, 2.24) is 14.9 Å². The molecule has 6 nitrogen and oxygen atoms in total. The summed E-state index contributed by atoms with van der Waals surface area (Å²) in [6, 6.07) is 6.92. The zero-order valence-corrected chi connectivity index (χ0v) is 12.2. The molecule has 0 bridgehead atoms. The molecule has 0 aliphatic rings. The van der Waals surface area contributed by atoms with Gasteiger partial charge in [0, 0.05) is 19.2 Å². The summed E-state index contributed by atoms with van der Waals surface area (Å²) in [4.78, 5) is 27.2. The van der Waals surface area contributed by atoms with Crippen molar-refractivity contribution in [2.75, 3.05) is 6.54 Å². The van der Waals surface area contributed by atoms with E-state index < -0.39 is 11.7 Å². The number of aromatic nitrogens is 2. The molecular weight excluding hydrogens is 289 g/mol. The number of nitrogens with zero attached hydrogens (tertiary/aromatic N) is 2. The molecule has 2 rings (SSSR count). The molecule has 0 radical (unpaired) electrons. The molecule has 1 N–H and O–H groups in total. The van der Waals surface area contributed by atoms with E-state index in [9.17, 15) is 14.0 Å². The number of amides is 1. The topological polar surface area (TPSA) is 73.2 Å².